The zero-order chi connectivity index (χ0) is 24.0. The number of nitrogens with zero attached hydrogens (tertiary/aromatic N) is 5. The lowest BCUT2D eigenvalue weighted by molar-refractivity contribution is 0.415. The van der Waals surface area contributed by atoms with Gasteiger partial charge in [0.15, 0.2) is 5.16 Å². The van der Waals surface area contributed by atoms with Crippen molar-refractivity contribution < 1.29 is 4.74 Å². The lowest BCUT2D eigenvalue weighted by atomic mass is 9.97. The molecule has 1 saturated heterocycles. The highest BCUT2D eigenvalue weighted by atomic mass is 32.2. The Morgan fingerprint density at radius 3 is 2.49 bits per heavy atom. The first-order valence-corrected chi connectivity index (χ1v) is 13.0. The van der Waals surface area contributed by atoms with Gasteiger partial charge in [-0.05, 0) is 66.1 Å². The summed E-state index contributed by atoms with van der Waals surface area (Å²) in [7, 11) is 1.68. The highest BCUT2D eigenvalue weighted by Gasteiger charge is 2.21. The van der Waals surface area contributed by atoms with E-state index >= 15 is 0 Å². The number of benzene rings is 2. The summed E-state index contributed by atoms with van der Waals surface area (Å²) in [5.41, 5.74) is 0.981. The minimum Gasteiger partial charge on any atom is -0.497 e. The van der Waals surface area contributed by atoms with E-state index in [1.165, 1.54) is 11.8 Å². The van der Waals surface area contributed by atoms with Crippen LogP contribution in [0.4, 0.5) is 23.3 Å². The Hall–Kier alpha value is -3.59. The second kappa shape index (κ2) is 10.8. The van der Waals surface area contributed by atoms with Crippen molar-refractivity contribution in [3.63, 3.8) is 0 Å². The molecule has 0 radical (unpaired) electrons. The fourth-order valence-electron chi connectivity index (χ4n) is 4.29. The quantitative estimate of drug-likeness (QED) is 0.256. The lowest BCUT2D eigenvalue weighted by Crippen LogP contribution is -2.36. The topological polar surface area (TPSA) is 88.1 Å². The molecule has 0 saturated carbocycles. The molecule has 180 valence electrons. The number of nitrogens with one attached hydrogen (secondary N) is 2. The number of aromatic nitrogens is 4. The number of piperidine rings is 1. The van der Waals surface area contributed by atoms with Crippen molar-refractivity contribution in [3.8, 4) is 5.75 Å². The summed E-state index contributed by atoms with van der Waals surface area (Å²) in [4.78, 5) is 20.3. The molecule has 35 heavy (non-hydrogen) atoms. The highest BCUT2D eigenvalue weighted by Crippen LogP contribution is 2.27. The molecule has 0 spiro atoms. The van der Waals surface area contributed by atoms with Gasteiger partial charge in [0.05, 0.1) is 7.11 Å². The minimum atomic E-state index is 0.580. The third-order valence-electron chi connectivity index (χ3n) is 6.23. The van der Waals surface area contributed by atoms with Gasteiger partial charge in [-0.2, -0.15) is 0 Å². The van der Waals surface area contributed by atoms with E-state index in [0.29, 0.717) is 5.92 Å². The molecule has 1 fully saturated rings. The summed E-state index contributed by atoms with van der Waals surface area (Å²) in [6.07, 6.45) is 7.79. The number of rotatable bonds is 8. The van der Waals surface area contributed by atoms with Gasteiger partial charge in [-0.3, -0.25) is 0 Å². The summed E-state index contributed by atoms with van der Waals surface area (Å²) in [5, 5.41) is 10.00. The van der Waals surface area contributed by atoms with E-state index in [1.54, 1.807) is 19.5 Å². The molecule has 2 aromatic carbocycles. The fourth-order valence-corrected chi connectivity index (χ4v) is 4.67. The predicted molar refractivity (Wildman–Crippen MR) is 143 cm³/mol. The number of hydrogen-bond donors (Lipinski definition) is 2. The molecule has 2 N–H and O–H groups in total. The SMILES string of the molecule is COc1ccc2cc(Nc3cc(NCC4CCN(c5ncccn5)CC4)nc(SC)n3)ccc2c1. The van der Waals surface area contributed by atoms with Gasteiger partial charge in [-0.25, -0.2) is 19.9 Å². The van der Waals surface area contributed by atoms with Crippen LogP contribution in [0.3, 0.4) is 0 Å². The predicted octanol–water partition coefficient (Wildman–Crippen LogP) is 5.22. The van der Waals surface area contributed by atoms with Crippen LogP contribution in [0.25, 0.3) is 10.8 Å². The van der Waals surface area contributed by atoms with E-state index in [4.69, 9.17) is 4.74 Å². The van der Waals surface area contributed by atoms with E-state index in [1.807, 2.05) is 30.5 Å². The summed E-state index contributed by atoms with van der Waals surface area (Å²) < 4.78 is 5.33. The molecule has 1 aliphatic rings. The van der Waals surface area contributed by atoms with Crippen LogP contribution < -0.4 is 20.3 Å². The molecule has 0 atom stereocenters. The van der Waals surface area contributed by atoms with Gasteiger partial charge in [-0.1, -0.05) is 23.9 Å². The van der Waals surface area contributed by atoms with Gasteiger partial charge in [0.1, 0.15) is 17.4 Å². The lowest BCUT2D eigenvalue weighted by Gasteiger charge is -2.32. The number of ether oxygens (including phenoxy) is 1. The number of methoxy groups -OCH3 is 1. The van der Waals surface area contributed by atoms with Crippen molar-refractivity contribution in [1.29, 1.82) is 0 Å². The monoisotopic (exact) mass is 487 g/mol. The van der Waals surface area contributed by atoms with Gasteiger partial charge in [0.2, 0.25) is 5.95 Å². The summed E-state index contributed by atoms with van der Waals surface area (Å²) >= 11 is 1.54. The molecule has 0 amide bonds. The maximum absolute atomic E-state index is 5.33. The average molecular weight is 488 g/mol. The van der Waals surface area contributed by atoms with Crippen molar-refractivity contribution in [2.75, 3.05) is 48.5 Å². The maximum atomic E-state index is 5.33. The Bertz CT molecular complexity index is 1280. The van der Waals surface area contributed by atoms with Crippen molar-refractivity contribution in [1.82, 2.24) is 19.9 Å². The zero-order valence-electron chi connectivity index (χ0n) is 19.9. The number of anilines is 4. The maximum Gasteiger partial charge on any atom is 0.225 e. The van der Waals surface area contributed by atoms with Crippen LogP contribution in [0.2, 0.25) is 0 Å². The molecule has 9 heteroatoms. The molecule has 1 aliphatic heterocycles. The van der Waals surface area contributed by atoms with Crippen LogP contribution in [0, 0.1) is 5.92 Å². The molecule has 0 unspecified atom stereocenters. The second-order valence-electron chi connectivity index (χ2n) is 8.54. The zero-order valence-corrected chi connectivity index (χ0v) is 20.8. The molecule has 4 aromatic rings. The average Bonchev–Trinajstić information content (AvgIpc) is 2.92. The van der Waals surface area contributed by atoms with Crippen molar-refractivity contribution >= 4 is 45.8 Å². The number of fused-ring (bicyclic) bond motifs is 1. The van der Waals surface area contributed by atoms with Crippen LogP contribution in [-0.4, -0.2) is 52.9 Å². The van der Waals surface area contributed by atoms with Crippen molar-refractivity contribution in [3.05, 3.63) is 60.9 Å². The Kier molecular flexibility index (Phi) is 7.13. The normalized spacial score (nSPS) is 14.2. The van der Waals surface area contributed by atoms with Gasteiger partial charge in [0.25, 0.3) is 0 Å². The first-order valence-electron chi connectivity index (χ1n) is 11.7. The number of hydrogen-bond acceptors (Lipinski definition) is 9. The molecule has 5 rings (SSSR count). The van der Waals surface area contributed by atoms with E-state index in [-0.39, 0.29) is 0 Å². The van der Waals surface area contributed by atoms with Crippen LogP contribution in [-0.2, 0) is 0 Å². The molecule has 2 aromatic heterocycles. The first-order chi connectivity index (χ1) is 17.2. The summed E-state index contributed by atoms with van der Waals surface area (Å²) in [6.45, 7) is 2.82. The van der Waals surface area contributed by atoms with Gasteiger partial charge < -0.3 is 20.3 Å². The van der Waals surface area contributed by atoms with Crippen molar-refractivity contribution in [2.45, 2.75) is 18.0 Å². The molecule has 0 aliphatic carbocycles. The second-order valence-corrected chi connectivity index (χ2v) is 9.31. The van der Waals surface area contributed by atoms with Gasteiger partial charge in [0, 0.05) is 43.8 Å². The molecule has 0 bridgehead atoms. The van der Waals surface area contributed by atoms with Crippen LogP contribution in [0.15, 0.2) is 66.1 Å². The Morgan fingerprint density at radius 2 is 1.71 bits per heavy atom. The van der Waals surface area contributed by atoms with E-state index in [0.717, 1.165) is 77.4 Å². The van der Waals surface area contributed by atoms with Crippen LogP contribution in [0.5, 0.6) is 5.75 Å². The third-order valence-corrected chi connectivity index (χ3v) is 6.78. The van der Waals surface area contributed by atoms with E-state index in [9.17, 15) is 0 Å². The molecular weight excluding hydrogens is 458 g/mol. The van der Waals surface area contributed by atoms with E-state index < -0.39 is 0 Å². The fraction of sp³-hybridized carbons (Fsp3) is 0.308. The molecular formula is C26H29N7OS. The molecule has 3 heterocycles. The van der Waals surface area contributed by atoms with Gasteiger partial charge in [-0.15, -0.1) is 0 Å². The third kappa shape index (κ3) is 5.74. The summed E-state index contributed by atoms with van der Waals surface area (Å²) in [5.74, 6) is 3.87. The van der Waals surface area contributed by atoms with Crippen LogP contribution in [0.1, 0.15) is 12.8 Å². The number of thioether (sulfide) groups is 1. The molecule has 8 nitrogen and oxygen atoms in total. The first kappa shape index (κ1) is 23.2. The highest BCUT2D eigenvalue weighted by molar-refractivity contribution is 7.98. The van der Waals surface area contributed by atoms with Gasteiger partial charge >= 0.3 is 0 Å². The smallest absolute Gasteiger partial charge is 0.225 e. The van der Waals surface area contributed by atoms with Crippen LogP contribution >= 0.6 is 11.8 Å². The largest absolute Gasteiger partial charge is 0.497 e. The van der Waals surface area contributed by atoms with Crippen molar-refractivity contribution in [2.24, 2.45) is 5.92 Å². The minimum absolute atomic E-state index is 0.580. The Morgan fingerprint density at radius 1 is 0.971 bits per heavy atom. The van der Waals surface area contributed by atoms with E-state index in [2.05, 4.69) is 59.7 Å². The Balaban J connectivity index is 1.22. The standard InChI is InChI=1S/C26H29N7OS/c1-34-22-7-5-19-14-21(6-4-20(19)15-22)30-24-16-23(31-26(32-24)35-2)29-17-18-8-12-33(13-9-18)25-27-10-3-11-28-25/h3-7,10-11,14-16,18H,8-9,12-13,17H2,1-2H3,(H2,29,30,31,32). The Labute approximate surface area is 209 Å². The summed E-state index contributed by atoms with van der Waals surface area (Å²) in [6, 6.07) is 16.2.